The lowest BCUT2D eigenvalue weighted by molar-refractivity contribution is 0.249. The molecule has 3 unspecified atom stereocenters. The van der Waals surface area contributed by atoms with Gasteiger partial charge in [-0.25, -0.2) is 8.78 Å². The number of aliphatic imine (C=N–C) groups is 1. The van der Waals surface area contributed by atoms with Crippen LogP contribution >= 0.6 is 0 Å². The Hall–Kier alpha value is -1.69. The van der Waals surface area contributed by atoms with Gasteiger partial charge in [-0.2, -0.15) is 0 Å². The minimum Gasteiger partial charge on any atom is -0.353 e. The van der Waals surface area contributed by atoms with E-state index in [1.54, 1.807) is 7.05 Å². The van der Waals surface area contributed by atoms with Crippen LogP contribution in [0.25, 0.3) is 0 Å². The predicted octanol–water partition coefficient (Wildman–Crippen LogP) is 2.57. The van der Waals surface area contributed by atoms with Gasteiger partial charge in [0.25, 0.3) is 0 Å². The van der Waals surface area contributed by atoms with Crippen LogP contribution in [0.1, 0.15) is 37.2 Å². The lowest BCUT2D eigenvalue weighted by Crippen LogP contribution is -2.43. The molecule has 0 aromatic heterocycles. The Kier molecular flexibility index (Phi) is 4.63. The Morgan fingerprint density at radius 3 is 2.56 bits per heavy atom. The Balaban J connectivity index is 1.36. The number of halogens is 2. The molecular weight excluding hydrogens is 322 g/mol. The molecule has 2 aliphatic heterocycles. The summed E-state index contributed by atoms with van der Waals surface area (Å²) in [7, 11) is 1.78. The van der Waals surface area contributed by atoms with Gasteiger partial charge in [0.15, 0.2) is 5.96 Å². The first kappa shape index (κ1) is 16.8. The van der Waals surface area contributed by atoms with Gasteiger partial charge in [-0.1, -0.05) is 6.07 Å². The third-order valence-corrected chi connectivity index (χ3v) is 5.81. The van der Waals surface area contributed by atoms with Gasteiger partial charge < -0.3 is 10.2 Å². The highest BCUT2D eigenvalue weighted by Gasteiger charge is 2.43. The van der Waals surface area contributed by atoms with Gasteiger partial charge >= 0.3 is 0 Å². The third-order valence-electron chi connectivity index (χ3n) is 5.81. The van der Waals surface area contributed by atoms with Crippen molar-refractivity contribution in [1.82, 2.24) is 15.1 Å². The molecule has 3 aliphatic rings. The molecule has 4 nitrogen and oxygen atoms in total. The molecule has 3 fully saturated rings. The van der Waals surface area contributed by atoms with Gasteiger partial charge in [0.2, 0.25) is 0 Å². The van der Waals surface area contributed by atoms with Gasteiger partial charge in [0.05, 0.1) is 0 Å². The van der Waals surface area contributed by atoms with Gasteiger partial charge in [-0.05, 0) is 50.9 Å². The summed E-state index contributed by atoms with van der Waals surface area (Å²) in [5.41, 5.74) is 0.215. The van der Waals surface area contributed by atoms with E-state index in [1.807, 2.05) is 0 Å². The summed E-state index contributed by atoms with van der Waals surface area (Å²) in [6.45, 7) is 4.40. The highest BCUT2D eigenvalue weighted by atomic mass is 19.1. The fraction of sp³-hybridized carbons (Fsp3) is 0.632. The molecule has 0 amide bonds. The van der Waals surface area contributed by atoms with Crippen LogP contribution in [-0.2, 0) is 0 Å². The summed E-state index contributed by atoms with van der Waals surface area (Å²) in [6, 6.07) is 4.77. The molecule has 3 atom stereocenters. The molecule has 0 spiro atoms. The third kappa shape index (κ3) is 3.36. The van der Waals surface area contributed by atoms with Crippen LogP contribution in [0.15, 0.2) is 23.2 Å². The lowest BCUT2D eigenvalue weighted by atomic mass is 10.1. The van der Waals surface area contributed by atoms with E-state index in [0.29, 0.717) is 6.04 Å². The number of hydrogen-bond acceptors (Lipinski definition) is 2. The second kappa shape index (κ2) is 6.90. The van der Waals surface area contributed by atoms with Crippen molar-refractivity contribution in [3.8, 4) is 0 Å². The average Bonchev–Trinajstić information content (AvgIpc) is 3.03. The van der Waals surface area contributed by atoms with Crippen LogP contribution in [0, 0.1) is 11.6 Å². The number of rotatable bonds is 3. The molecule has 1 aromatic carbocycles. The highest BCUT2D eigenvalue weighted by molar-refractivity contribution is 5.81. The zero-order valence-corrected chi connectivity index (χ0v) is 14.7. The summed E-state index contributed by atoms with van der Waals surface area (Å²) in [4.78, 5) is 9.28. The largest absolute Gasteiger partial charge is 0.353 e. The van der Waals surface area contributed by atoms with Gasteiger partial charge in [0, 0.05) is 43.7 Å². The minimum absolute atomic E-state index is 0.0657. The van der Waals surface area contributed by atoms with Crippen LogP contribution in [-0.4, -0.2) is 61.1 Å². The molecule has 2 saturated heterocycles. The Morgan fingerprint density at radius 2 is 1.88 bits per heavy atom. The monoisotopic (exact) mass is 348 g/mol. The summed E-state index contributed by atoms with van der Waals surface area (Å²) >= 11 is 0. The zero-order chi connectivity index (χ0) is 17.4. The van der Waals surface area contributed by atoms with E-state index < -0.39 is 11.6 Å². The Morgan fingerprint density at radius 1 is 1.16 bits per heavy atom. The minimum atomic E-state index is -0.445. The molecule has 6 heteroatoms. The molecule has 1 N–H and O–H groups in total. The van der Waals surface area contributed by atoms with Crippen LogP contribution in [0.4, 0.5) is 8.78 Å². The molecule has 0 radical (unpaired) electrons. The second-order valence-corrected chi connectivity index (χ2v) is 7.41. The van der Waals surface area contributed by atoms with Crippen molar-refractivity contribution in [2.24, 2.45) is 4.99 Å². The smallest absolute Gasteiger partial charge is 0.193 e. The maximum Gasteiger partial charge on any atom is 0.193 e. The Labute approximate surface area is 147 Å². The van der Waals surface area contributed by atoms with Gasteiger partial charge in [-0.3, -0.25) is 9.89 Å². The molecule has 4 rings (SSSR count). The number of hydrogen-bond donors (Lipinski definition) is 1. The first-order chi connectivity index (χ1) is 12.2. The summed E-state index contributed by atoms with van der Waals surface area (Å²) in [5, 5.41) is 3.42. The number of guanidine groups is 1. The van der Waals surface area contributed by atoms with E-state index in [1.165, 1.54) is 44.1 Å². The predicted molar refractivity (Wildman–Crippen MR) is 94.8 cm³/mol. The second-order valence-electron chi connectivity index (χ2n) is 7.41. The topological polar surface area (TPSA) is 30.9 Å². The maximum absolute atomic E-state index is 13.9. The first-order valence-corrected chi connectivity index (χ1v) is 9.33. The number of nitrogens with one attached hydrogen (secondary N) is 1. The van der Waals surface area contributed by atoms with Crippen LogP contribution < -0.4 is 5.32 Å². The van der Waals surface area contributed by atoms with Crippen molar-refractivity contribution in [2.75, 3.05) is 33.2 Å². The molecule has 1 aromatic rings. The lowest BCUT2D eigenvalue weighted by Gasteiger charge is -2.25. The highest BCUT2D eigenvalue weighted by Crippen LogP contribution is 2.43. The van der Waals surface area contributed by atoms with Crippen molar-refractivity contribution in [3.63, 3.8) is 0 Å². The van der Waals surface area contributed by atoms with Gasteiger partial charge in [0.1, 0.15) is 11.6 Å². The molecule has 2 heterocycles. The van der Waals surface area contributed by atoms with Crippen molar-refractivity contribution < 1.29 is 8.78 Å². The molecule has 1 aliphatic carbocycles. The van der Waals surface area contributed by atoms with Crippen LogP contribution in [0.2, 0.25) is 0 Å². The maximum atomic E-state index is 13.9. The van der Waals surface area contributed by atoms with Crippen molar-refractivity contribution in [3.05, 3.63) is 35.4 Å². The summed E-state index contributed by atoms with van der Waals surface area (Å²) in [5.74, 6) is -0.125. The van der Waals surface area contributed by atoms with E-state index in [2.05, 4.69) is 20.1 Å². The fourth-order valence-corrected chi connectivity index (χ4v) is 4.34. The molecular formula is C19H26F2N4. The fourth-order valence-electron chi connectivity index (χ4n) is 4.34. The molecule has 136 valence electrons. The van der Waals surface area contributed by atoms with E-state index in [-0.39, 0.29) is 17.5 Å². The quantitative estimate of drug-likeness (QED) is 0.673. The van der Waals surface area contributed by atoms with Crippen molar-refractivity contribution in [1.29, 1.82) is 0 Å². The number of likely N-dealkylation sites (tertiary alicyclic amines) is 2. The summed E-state index contributed by atoms with van der Waals surface area (Å²) < 4.78 is 27.9. The average molecular weight is 348 g/mol. The zero-order valence-electron chi connectivity index (χ0n) is 14.7. The molecule has 0 bridgehead atoms. The Bertz CT molecular complexity index is 637. The van der Waals surface area contributed by atoms with Crippen LogP contribution in [0.5, 0.6) is 0 Å². The van der Waals surface area contributed by atoms with Crippen molar-refractivity contribution >= 4 is 5.96 Å². The summed E-state index contributed by atoms with van der Waals surface area (Å²) in [6.07, 6.45) is 4.53. The number of nitrogens with zero attached hydrogens (tertiary/aromatic N) is 3. The van der Waals surface area contributed by atoms with Crippen LogP contribution in [0.3, 0.4) is 0 Å². The molecule has 1 saturated carbocycles. The first-order valence-electron chi connectivity index (χ1n) is 9.33. The SMILES string of the molecule is CN=C(NC1CC1c1c(F)cccc1F)N1CCC(N2CCCC2)C1. The van der Waals surface area contributed by atoms with E-state index in [0.717, 1.165) is 31.9 Å². The standard InChI is InChI=1S/C19H26F2N4/c1-22-19(25-10-7-13(12-25)24-8-2-3-9-24)23-17-11-14(17)18-15(20)5-4-6-16(18)21/h4-6,13-14,17H,2-3,7-12H2,1H3,(H,22,23). The molecule has 25 heavy (non-hydrogen) atoms. The van der Waals surface area contributed by atoms with E-state index >= 15 is 0 Å². The number of benzene rings is 1. The van der Waals surface area contributed by atoms with Gasteiger partial charge in [-0.15, -0.1) is 0 Å². The van der Waals surface area contributed by atoms with Crippen molar-refractivity contribution in [2.45, 2.75) is 43.7 Å². The normalized spacial score (nSPS) is 30.1. The van der Waals surface area contributed by atoms with E-state index in [9.17, 15) is 8.78 Å². The van der Waals surface area contributed by atoms with E-state index in [4.69, 9.17) is 0 Å².